The van der Waals surface area contributed by atoms with Crippen molar-refractivity contribution in [3.63, 3.8) is 0 Å². The number of hydrogen-bond acceptors (Lipinski definition) is 2. The van der Waals surface area contributed by atoms with Crippen molar-refractivity contribution in [2.75, 3.05) is 19.6 Å². The molecule has 18 heavy (non-hydrogen) atoms. The highest BCUT2D eigenvalue weighted by molar-refractivity contribution is 5.20. The Kier molecular flexibility index (Phi) is 5.21. The van der Waals surface area contributed by atoms with Gasteiger partial charge < -0.3 is 5.73 Å². The smallest absolute Gasteiger partial charge is 0.0284 e. The number of benzene rings is 1. The molecule has 0 amide bonds. The summed E-state index contributed by atoms with van der Waals surface area (Å²) in [5.41, 5.74) is 7.47. The van der Waals surface area contributed by atoms with E-state index in [2.05, 4.69) is 42.2 Å². The van der Waals surface area contributed by atoms with E-state index >= 15 is 0 Å². The van der Waals surface area contributed by atoms with E-state index in [1.165, 1.54) is 44.3 Å². The second kappa shape index (κ2) is 6.91. The molecule has 1 heterocycles. The topological polar surface area (TPSA) is 29.3 Å². The van der Waals surface area contributed by atoms with Crippen LogP contribution in [-0.2, 0) is 0 Å². The maximum Gasteiger partial charge on any atom is 0.0284 e. The molecule has 0 spiro atoms. The van der Waals surface area contributed by atoms with Crippen molar-refractivity contribution < 1.29 is 0 Å². The molecule has 2 N–H and O–H groups in total. The van der Waals surface area contributed by atoms with Gasteiger partial charge in [-0.3, -0.25) is 4.90 Å². The van der Waals surface area contributed by atoms with Gasteiger partial charge >= 0.3 is 0 Å². The maximum absolute atomic E-state index is 6.05. The highest BCUT2D eigenvalue weighted by Crippen LogP contribution is 2.24. The van der Waals surface area contributed by atoms with Crippen molar-refractivity contribution >= 4 is 0 Å². The molecule has 1 fully saturated rings. The van der Waals surface area contributed by atoms with E-state index in [0.717, 1.165) is 6.54 Å². The molecule has 0 aliphatic carbocycles. The van der Waals surface area contributed by atoms with Gasteiger partial charge in [-0.05, 0) is 37.4 Å². The highest BCUT2D eigenvalue weighted by Gasteiger charge is 2.24. The Hall–Kier alpha value is -0.860. The Morgan fingerprint density at radius 3 is 2.22 bits per heavy atom. The summed E-state index contributed by atoms with van der Waals surface area (Å²) in [7, 11) is 0. The van der Waals surface area contributed by atoms with Crippen LogP contribution < -0.4 is 5.73 Å². The van der Waals surface area contributed by atoms with E-state index in [0.29, 0.717) is 12.0 Å². The lowest BCUT2D eigenvalue weighted by Gasteiger charge is -2.34. The number of nitrogens with zero attached hydrogens (tertiary/aromatic N) is 1. The minimum atomic E-state index is 0.491. The molecule has 1 aromatic rings. The van der Waals surface area contributed by atoms with Gasteiger partial charge in [0.15, 0.2) is 0 Å². The lowest BCUT2D eigenvalue weighted by atomic mass is 9.92. The van der Waals surface area contributed by atoms with E-state index in [1.54, 1.807) is 0 Å². The van der Waals surface area contributed by atoms with E-state index in [4.69, 9.17) is 5.73 Å². The average Bonchev–Trinajstić information content (AvgIpc) is 2.70. The fourth-order valence-corrected chi connectivity index (χ4v) is 3.07. The Labute approximate surface area is 111 Å². The first-order valence-corrected chi connectivity index (χ1v) is 7.32. The van der Waals surface area contributed by atoms with Crippen molar-refractivity contribution in [3.05, 3.63) is 35.9 Å². The monoisotopic (exact) mass is 246 g/mol. The van der Waals surface area contributed by atoms with Gasteiger partial charge in [0.25, 0.3) is 0 Å². The molecule has 1 aliphatic heterocycles. The minimum Gasteiger partial charge on any atom is -0.329 e. The zero-order chi connectivity index (χ0) is 12.8. The zero-order valence-corrected chi connectivity index (χ0v) is 11.5. The predicted octanol–water partition coefficient (Wildman–Crippen LogP) is 2.99. The van der Waals surface area contributed by atoms with Crippen LogP contribution in [0.1, 0.15) is 44.1 Å². The van der Waals surface area contributed by atoms with Gasteiger partial charge in [0.1, 0.15) is 0 Å². The van der Waals surface area contributed by atoms with Crippen LogP contribution in [0.4, 0.5) is 0 Å². The van der Waals surface area contributed by atoms with E-state index < -0.39 is 0 Å². The fourth-order valence-electron chi connectivity index (χ4n) is 3.07. The summed E-state index contributed by atoms with van der Waals surface area (Å²) in [6.45, 7) is 5.52. The minimum absolute atomic E-state index is 0.491. The third-order valence-electron chi connectivity index (χ3n) is 4.25. The van der Waals surface area contributed by atoms with Crippen LogP contribution in [-0.4, -0.2) is 30.6 Å². The van der Waals surface area contributed by atoms with Gasteiger partial charge in [0.05, 0.1) is 0 Å². The molecule has 1 aliphatic rings. The first-order chi connectivity index (χ1) is 8.83. The van der Waals surface area contributed by atoms with Crippen molar-refractivity contribution in [2.24, 2.45) is 5.73 Å². The van der Waals surface area contributed by atoms with Crippen LogP contribution in [0.2, 0.25) is 0 Å². The van der Waals surface area contributed by atoms with E-state index in [-0.39, 0.29) is 0 Å². The average molecular weight is 246 g/mol. The van der Waals surface area contributed by atoms with Gasteiger partial charge in [-0.25, -0.2) is 0 Å². The second-order valence-electron chi connectivity index (χ2n) is 5.45. The molecule has 2 nitrogen and oxygen atoms in total. The second-order valence-corrected chi connectivity index (χ2v) is 5.45. The molecule has 1 saturated heterocycles. The molecule has 0 saturated carbocycles. The molecule has 1 aromatic carbocycles. The van der Waals surface area contributed by atoms with Crippen molar-refractivity contribution in [3.8, 4) is 0 Å². The summed E-state index contributed by atoms with van der Waals surface area (Å²) in [4.78, 5) is 2.62. The van der Waals surface area contributed by atoms with Crippen molar-refractivity contribution in [1.82, 2.24) is 4.90 Å². The fraction of sp³-hybridized carbons (Fsp3) is 0.625. The number of hydrogen-bond donors (Lipinski definition) is 1. The van der Waals surface area contributed by atoms with Gasteiger partial charge in [-0.2, -0.15) is 0 Å². The highest BCUT2D eigenvalue weighted by atomic mass is 15.2. The van der Waals surface area contributed by atoms with E-state index in [9.17, 15) is 0 Å². The molecular formula is C16H26N2. The van der Waals surface area contributed by atoms with Gasteiger partial charge in [-0.1, -0.05) is 50.1 Å². The molecular weight excluding hydrogens is 220 g/mol. The molecule has 100 valence electrons. The molecule has 0 radical (unpaired) electrons. The van der Waals surface area contributed by atoms with Crippen LogP contribution in [0.3, 0.4) is 0 Å². The lowest BCUT2D eigenvalue weighted by molar-refractivity contribution is 0.185. The van der Waals surface area contributed by atoms with Crippen LogP contribution in [0, 0.1) is 0 Å². The molecule has 2 unspecified atom stereocenters. The number of rotatable bonds is 4. The SMILES string of the molecule is CC(c1ccccc1)C(CN)N1CCCCCC1. The van der Waals surface area contributed by atoms with Crippen molar-refractivity contribution in [1.29, 1.82) is 0 Å². The Morgan fingerprint density at radius 2 is 1.67 bits per heavy atom. The Balaban J connectivity index is 2.07. The van der Waals surface area contributed by atoms with Gasteiger partial charge in [0.2, 0.25) is 0 Å². The molecule has 0 bridgehead atoms. The summed E-state index contributed by atoms with van der Waals surface area (Å²) in [5.74, 6) is 0.522. The van der Waals surface area contributed by atoms with E-state index in [1.807, 2.05) is 0 Å². The summed E-state index contributed by atoms with van der Waals surface area (Å²) >= 11 is 0. The summed E-state index contributed by atoms with van der Waals surface area (Å²) in [6.07, 6.45) is 5.43. The van der Waals surface area contributed by atoms with Crippen molar-refractivity contribution in [2.45, 2.75) is 44.6 Å². The zero-order valence-electron chi connectivity index (χ0n) is 11.5. The Morgan fingerprint density at radius 1 is 1.06 bits per heavy atom. The van der Waals surface area contributed by atoms with Crippen LogP contribution >= 0.6 is 0 Å². The summed E-state index contributed by atoms with van der Waals surface area (Å²) in [5, 5.41) is 0. The first kappa shape index (κ1) is 13.6. The third-order valence-corrected chi connectivity index (χ3v) is 4.25. The summed E-state index contributed by atoms with van der Waals surface area (Å²) in [6, 6.07) is 11.3. The standard InChI is InChI=1S/C16H26N2/c1-14(15-9-5-4-6-10-15)16(13-17)18-11-7-2-3-8-12-18/h4-6,9-10,14,16H,2-3,7-8,11-13,17H2,1H3. The Bertz CT molecular complexity index is 328. The molecule has 2 heteroatoms. The first-order valence-electron chi connectivity index (χ1n) is 7.32. The number of likely N-dealkylation sites (tertiary alicyclic amines) is 1. The van der Waals surface area contributed by atoms with Crippen LogP contribution in [0.5, 0.6) is 0 Å². The quantitative estimate of drug-likeness (QED) is 0.885. The largest absolute Gasteiger partial charge is 0.329 e. The molecule has 2 rings (SSSR count). The molecule has 0 aromatic heterocycles. The normalized spacial score (nSPS) is 21.2. The van der Waals surface area contributed by atoms with Gasteiger partial charge in [0, 0.05) is 12.6 Å². The number of nitrogens with two attached hydrogens (primary N) is 1. The summed E-state index contributed by atoms with van der Waals surface area (Å²) < 4.78 is 0. The van der Waals surface area contributed by atoms with Crippen LogP contribution in [0.25, 0.3) is 0 Å². The maximum atomic E-state index is 6.05. The predicted molar refractivity (Wildman–Crippen MR) is 77.7 cm³/mol. The molecule has 2 atom stereocenters. The third kappa shape index (κ3) is 3.33. The lowest BCUT2D eigenvalue weighted by Crippen LogP contribution is -2.44. The van der Waals surface area contributed by atoms with Gasteiger partial charge in [-0.15, -0.1) is 0 Å². The van der Waals surface area contributed by atoms with Crippen LogP contribution in [0.15, 0.2) is 30.3 Å².